The Hall–Kier alpha value is -1.07. The number of hydrogen-bond acceptors (Lipinski definition) is 3. The first-order chi connectivity index (χ1) is 8.55. The van der Waals surface area contributed by atoms with Gasteiger partial charge in [-0.1, -0.05) is 33.8 Å². The van der Waals surface area contributed by atoms with Crippen LogP contribution in [0.3, 0.4) is 0 Å². The summed E-state index contributed by atoms with van der Waals surface area (Å²) in [6.45, 7) is 10.5. The van der Waals surface area contributed by atoms with E-state index >= 15 is 0 Å². The van der Waals surface area contributed by atoms with Crippen molar-refractivity contribution in [3.63, 3.8) is 0 Å². The molecule has 0 aliphatic heterocycles. The molecule has 0 saturated carbocycles. The first kappa shape index (κ1) is 16.0. The predicted octanol–water partition coefficient (Wildman–Crippen LogP) is 2.54. The number of sulfonamides is 1. The molecule has 1 aromatic rings. The van der Waals surface area contributed by atoms with Crippen LogP contribution < -0.4 is 10.5 Å². The Balaban J connectivity index is 2.91. The molecule has 19 heavy (non-hydrogen) atoms. The van der Waals surface area contributed by atoms with E-state index in [1.54, 1.807) is 25.1 Å². The summed E-state index contributed by atoms with van der Waals surface area (Å²) in [5.74, 6) is 0.239. The maximum atomic E-state index is 12.3. The summed E-state index contributed by atoms with van der Waals surface area (Å²) >= 11 is 0. The average Bonchev–Trinajstić information content (AvgIpc) is 2.28. The first-order valence-corrected chi connectivity index (χ1v) is 7.89. The Morgan fingerprint density at radius 3 is 2.42 bits per heavy atom. The molecule has 108 valence electrons. The molecule has 0 aliphatic rings. The fourth-order valence-corrected chi connectivity index (χ4v) is 2.94. The monoisotopic (exact) mass is 284 g/mol. The Morgan fingerprint density at radius 2 is 1.89 bits per heavy atom. The highest BCUT2D eigenvalue weighted by Crippen LogP contribution is 2.25. The molecule has 0 bridgehead atoms. The highest BCUT2D eigenvalue weighted by molar-refractivity contribution is 7.89. The molecule has 1 rings (SSSR count). The highest BCUT2D eigenvalue weighted by atomic mass is 32.2. The predicted molar refractivity (Wildman–Crippen MR) is 79.4 cm³/mol. The normalized spacial score (nSPS) is 14.4. The lowest BCUT2D eigenvalue weighted by molar-refractivity contribution is 0.263. The van der Waals surface area contributed by atoms with Gasteiger partial charge in [-0.3, -0.25) is 0 Å². The number of benzene rings is 1. The van der Waals surface area contributed by atoms with Gasteiger partial charge in [-0.05, 0) is 36.0 Å². The van der Waals surface area contributed by atoms with Crippen LogP contribution in [-0.4, -0.2) is 15.0 Å². The molecule has 1 unspecified atom stereocenters. The van der Waals surface area contributed by atoms with E-state index in [2.05, 4.69) is 25.5 Å². The zero-order valence-electron chi connectivity index (χ0n) is 12.3. The summed E-state index contributed by atoms with van der Waals surface area (Å²) in [7, 11) is -3.50. The van der Waals surface area contributed by atoms with E-state index in [9.17, 15) is 8.42 Å². The fourth-order valence-electron chi connectivity index (χ4n) is 1.54. The van der Waals surface area contributed by atoms with Gasteiger partial charge in [0.15, 0.2) is 0 Å². The Kier molecular flexibility index (Phi) is 4.63. The molecule has 0 amide bonds. The van der Waals surface area contributed by atoms with Gasteiger partial charge in [0.05, 0.1) is 4.90 Å². The molecule has 0 aliphatic carbocycles. The SMILES string of the molecule is Cc1c(N)cccc1S(=O)(=O)NCC(C)C(C)(C)C. The van der Waals surface area contributed by atoms with Gasteiger partial charge in [0.1, 0.15) is 0 Å². The lowest BCUT2D eigenvalue weighted by Crippen LogP contribution is -2.34. The minimum Gasteiger partial charge on any atom is -0.398 e. The van der Waals surface area contributed by atoms with Gasteiger partial charge < -0.3 is 5.73 Å². The summed E-state index contributed by atoms with van der Waals surface area (Å²) in [5.41, 5.74) is 6.90. The van der Waals surface area contributed by atoms with Crippen LogP contribution in [0.2, 0.25) is 0 Å². The minimum absolute atomic E-state index is 0.0628. The lowest BCUT2D eigenvalue weighted by atomic mass is 9.82. The summed E-state index contributed by atoms with van der Waals surface area (Å²) in [5, 5.41) is 0. The van der Waals surface area contributed by atoms with Gasteiger partial charge in [-0.2, -0.15) is 0 Å². The number of nitrogens with one attached hydrogen (secondary N) is 1. The zero-order chi connectivity index (χ0) is 14.8. The maximum Gasteiger partial charge on any atom is 0.240 e. The summed E-state index contributed by atoms with van der Waals surface area (Å²) in [6, 6.07) is 4.94. The molecule has 3 N–H and O–H groups in total. The van der Waals surface area contributed by atoms with Crippen molar-refractivity contribution in [3.8, 4) is 0 Å². The van der Waals surface area contributed by atoms with Crippen molar-refractivity contribution in [2.24, 2.45) is 11.3 Å². The molecule has 1 aromatic carbocycles. The standard InChI is InChI=1S/C14H24N2O2S/c1-10(14(3,4)5)9-16-19(17,18)13-8-6-7-12(15)11(13)2/h6-8,10,16H,9,15H2,1-5H3. The number of nitrogen functional groups attached to an aromatic ring is 1. The molecule has 0 heterocycles. The molecule has 5 heteroatoms. The van der Waals surface area contributed by atoms with E-state index in [0.717, 1.165) is 0 Å². The van der Waals surface area contributed by atoms with Crippen molar-refractivity contribution in [1.82, 2.24) is 4.72 Å². The Morgan fingerprint density at radius 1 is 1.32 bits per heavy atom. The molecular weight excluding hydrogens is 260 g/mol. The Labute approximate surface area is 116 Å². The van der Waals surface area contributed by atoms with Crippen LogP contribution in [0, 0.1) is 18.3 Å². The third-order valence-corrected chi connectivity index (χ3v) is 5.24. The molecule has 4 nitrogen and oxygen atoms in total. The third-order valence-electron chi connectivity index (χ3n) is 3.67. The van der Waals surface area contributed by atoms with Crippen LogP contribution in [0.15, 0.2) is 23.1 Å². The topological polar surface area (TPSA) is 72.2 Å². The van der Waals surface area contributed by atoms with Gasteiger partial charge >= 0.3 is 0 Å². The second-order valence-electron chi connectivity index (χ2n) is 6.09. The zero-order valence-corrected chi connectivity index (χ0v) is 13.1. The van der Waals surface area contributed by atoms with E-state index in [4.69, 9.17) is 5.73 Å². The molecule has 0 radical (unpaired) electrons. The van der Waals surface area contributed by atoms with Crippen LogP contribution in [0.5, 0.6) is 0 Å². The number of rotatable bonds is 4. The maximum absolute atomic E-state index is 12.3. The van der Waals surface area contributed by atoms with Crippen LogP contribution in [-0.2, 0) is 10.0 Å². The summed E-state index contributed by atoms with van der Waals surface area (Å²) < 4.78 is 27.2. The van der Waals surface area contributed by atoms with Crippen LogP contribution in [0.4, 0.5) is 5.69 Å². The van der Waals surface area contributed by atoms with Gasteiger partial charge in [0.2, 0.25) is 10.0 Å². The lowest BCUT2D eigenvalue weighted by Gasteiger charge is -2.27. The van der Waals surface area contributed by atoms with Gasteiger partial charge in [-0.15, -0.1) is 0 Å². The molecule has 0 spiro atoms. The van der Waals surface area contributed by atoms with Crippen LogP contribution >= 0.6 is 0 Å². The smallest absolute Gasteiger partial charge is 0.240 e. The van der Waals surface area contributed by atoms with E-state index < -0.39 is 10.0 Å². The van der Waals surface area contributed by atoms with E-state index in [1.807, 2.05) is 6.92 Å². The minimum atomic E-state index is -3.50. The van der Waals surface area contributed by atoms with Crippen molar-refractivity contribution in [2.75, 3.05) is 12.3 Å². The molecule has 0 aromatic heterocycles. The largest absolute Gasteiger partial charge is 0.398 e. The van der Waals surface area contributed by atoms with E-state index in [-0.39, 0.29) is 16.2 Å². The molecule has 1 atom stereocenters. The molecular formula is C14H24N2O2S. The Bertz CT molecular complexity index is 545. The quantitative estimate of drug-likeness (QED) is 0.835. The van der Waals surface area contributed by atoms with Gasteiger partial charge in [0.25, 0.3) is 0 Å². The van der Waals surface area contributed by atoms with E-state index in [1.165, 1.54) is 0 Å². The summed E-state index contributed by atoms with van der Waals surface area (Å²) in [4.78, 5) is 0.258. The third kappa shape index (κ3) is 3.94. The van der Waals surface area contributed by atoms with Crippen molar-refractivity contribution < 1.29 is 8.42 Å². The number of hydrogen-bond donors (Lipinski definition) is 2. The van der Waals surface area contributed by atoms with Crippen molar-refractivity contribution in [1.29, 1.82) is 0 Å². The van der Waals surface area contributed by atoms with Crippen molar-refractivity contribution >= 4 is 15.7 Å². The van der Waals surface area contributed by atoms with Gasteiger partial charge in [0, 0.05) is 12.2 Å². The highest BCUT2D eigenvalue weighted by Gasteiger charge is 2.23. The van der Waals surface area contributed by atoms with Gasteiger partial charge in [-0.25, -0.2) is 13.1 Å². The number of anilines is 1. The molecule has 0 saturated heterocycles. The van der Waals surface area contributed by atoms with Crippen LogP contribution in [0.1, 0.15) is 33.3 Å². The summed E-state index contributed by atoms with van der Waals surface area (Å²) in [6.07, 6.45) is 0. The van der Waals surface area contributed by atoms with Crippen molar-refractivity contribution in [2.45, 2.75) is 39.5 Å². The first-order valence-electron chi connectivity index (χ1n) is 6.40. The van der Waals surface area contributed by atoms with Crippen molar-refractivity contribution in [3.05, 3.63) is 23.8 Å². The molecule has 0 fully saturated rings. The fraction of sp³-hybridized carbons (Fsp3) is 0.571. The second kappa shape index (κ2) is 5.51. The average molecular weight is 284 g/mol. The van der Waals surface area contributed by atoms with E-state index in [0.29, 0.717) is 17.8 Å². The van der Waals surface area contributed by atoms with Crippen LogP contribution in [0.25, 0.3) is 0 Å². The second-order valence-corrected chi connectivity index (χ2v) is 7.82. The number of nitrogens with two attached hydrogens (primary N) is 1.